The first kappa shape index (κ1) is 12.7. The summed E-state index contributed by atoms with van der Waals surface area (Å²) < 4.78 is 0. The Labute approximate surface area is 108 Å². The number of para-hydroxylation sites is 2. The second-order valence-corrected chi connectivity index (χ2v) is 4.74. The summed E-state index contributed by atoms with van der Waals surface area (Å²) in [6.45, 7) is 5.20. The van der Waals surface area contributed by atoms with Gasteiger partial charge in [-0.05, 0) is 12.1 Å². The van der Waals surface area contributed by atoms with E-state index in [0.717, 1.165) is 44.8 Å². The maximum atomic E-state index is 9.82. The summed E-state index contributed by atoms with van der Waals surface area (Å²) in [4.78, 5) is 3.81. The molecule has 1 aromatic carbocycles. The summed E-state index contributed by atoms with van der Waals surface area (Å²) in [5, 5.41) is 18.3. The molecular formula is C14H20N3O+. The molecule has 18 heavy (non-hydrogen) atoms. The summed E-state index contributed by atoms with van der Waals surface area (Å²) >= 11 is 0. The SMILES string of the molecule is N#CCCC[NH+]1CCN(c2ccccc2O)CC1. The van der Waals surface area contributed by atoms with E-state index in [9.17, 15) is 5.11 Å². The monoisotopic (exact) mass is 246 g/mol. The maximum Gasteiger partial charge on any atom is 0.138 e. The van der Waals surface area contributed by atoms with E-state index in [-0.39, 0.29) is 0 Å². The number of quaternary nitrogens is 1. The summed E-state index contributed by atoms with van der Waals surface area (Å²) in [5.74, 6) is 0.366. The Balaban J connectivity index is 1.84. The zero-order valence-corrected chi connectivity index (χ0v) is 10.6. The van der Waals surface area contributed by atoms with Crippen molar-refractivity contribution in [2.45, 2.75) is 12.8 Å². The normalized spacial score (nSPS) is 16.5. The van der Waals surface area contributed by atoms with Crippen molar-refractivity contribution in [2.75, 3.05) is 37.6 Å². The molecule has 1 fully saturated rings. The van der Waals surface area contributed by atoms with Gasteiger partial charge in [0.2, 0.25) is 0 Å². The third kappa shape index (κ3) is 3.14. The van der Waals surface area contributed by atoms with Crippen molar-refractivity contribution in [3.8, 4) is 11.8 Å². The van der Waals surface area contributed by atoms with E-state index in [1.807, 2.05) is 18.2 Å². The van der Waals surface area contributed by atoms with Crippen LogP contribution in [0, 0.1) is 11.3 Å². The van der Waals surface area contributed by atoms with E-state index in [1.165, 1.54) is 0 Å². The van der Waals surface area contributed by atoms with Gasteiger partial charge in [0, 0.05) is 12.8 Å². The average Bonchev–Trinajstić information content (AvgIpc) is 2.41. The highest BCUT2D eigenvalue weighted by molar-refractivity contribution is 5.57. The van der Waals surface area contributed by atoms with Crippen molar-refractivity contribution in [1.29, 1.82) is 5.26 Å². The number of phenols is 1. The number of piperazine rings is 1. The Hall–Kier alpha value is -1.73. The largest absolute Gasteiger partial charge is 0.506 e. The molecule has 0 aliphatic carbocycles. The quantitative estimate of drug-likeness (QED) is 0.756. The molecule has 4 nitrogen and oxygen atoms in total. The summed E-state index contributed by atoms with van der Waals surface area (Å²) in [5.41, 5.74) is 0.938. The van der Waals surface area contributed by atoms with Gasteiger partial charge in [0.15, 0.2) is 0 Å². The smallest absolute Gasteiger partial charge is 0.138 e. The van der Waals surface area contributed by atoms with E-state index < -0.39 is 0 Å². The van der Waals surface area contributed by atoms with Gasteiger partial charge in [0.25, 0.3) is 0 Å². The number of phenolic OH excluding ortho intramolecular Hbond substituents is 1. The lowest BCUT2D eigenvalue weighted by molar-refractivity contribution is -0.900. The lowest BCUT2D eigenvalue weighted by Gasteiger charge is -2.33. The van der Waals surface area contributed by atoms with Crippen molar-refractivity contribution < 1.29 is 10.0 Å². The molecule has 1 saturated heterocycles. The maximum absolute atomic E-state index is 9.82. The fraction of sp³-hybridized carbons (Fsp3) is 0.500. The second kappa shape index (κ2) is 6.27. The van der Waals surface area contributed by atoms with E-state index >= 15 is 0 Å². The Morgan fingerprint density at radius 1 is 1.28 bits per heavy atom. The van der Waals surface area contributed by atoms with Crippen LogP contribution in [0.4, 0.5) is 5.69 Å². The van der Waals surface area contributed by atoms with Crippen LogP contribution in [-0.4, -0.2) is 37.8 Å². The number of hydrogen-bond donors (Lipinski definition) is 2. The number of nitrogens with one attached hydrogen (secondary N) is 1. The fourth-order valence-electron chi connectivity index (χ4n) is 2.46. The number of rotatable bonds is 4. The number of anilines is 1. The zero-order valence-electron chi connectivity index (χ0n) is 10.6. The van der Waals surface area contributed by atoms with Crippen molar-refractivity contribution in [1.82, 2.24) is 0 Å². The third-order valence-corrected chi connectivity index (χ3v) is 3.51. The Bertz CT molecular complexity index is 419. The van der Waals surface area contributed by atoms with Gasteiger partial charge in [0.1, 0.15) is 5.75 Å². The molecule has 0 atom stereocenters. The van der Waals surface area contributed by atoms with Crippen molar-refractivity contribution in [2.24, 2.45) is 0 Å². The number of nitrogens with zero attached hydrogens (tertiary/aromatic N) is 2. The molecule has 2 N–H and O–H groups in total. The van der Waals surface area contributed by atoms with E-state index in [0.29, 0.717) is 12.2 Å². The summed E-state index contributed by atoms with van der Waals surface area (Å²) in [6, 6.07) is 9.71. The van der Waals surface area contributed by atoms with Crippen molar-refractivity contribution in [3.63, 3.8) is 0 Å². The van der Waals surface area contributed by atoms with Crippen LogP contribution in [0.5, 0.6) is 5.75 Å². The first-order valence-electron chi connectivity index (χ1n) is 6.54. The van der Waals surface area contributed by atoms with E-state index in [1.54, 1.807) is 11.0 Å². The number of hydrogen-bond acceptors (Lipinski definition) is 3. The Kier molecular flexibility index (Phi) is 4.43. The molecule has 1 aliphatic rings. The predicted octanol–water partition coefficient (Wildman–Crippen LogP) is 0.401. The topological polar surface area (TPSA) is 51.7 Å². The average molecular weight is 246 g/mol. The third-order valence-electron chi connectivity index (χ3n) is 3.51. The van der Waals surface area contributed by atoms with Crippen LogP contribution in [0.1, 0.15) is 12.8 Å². The van der Waals surface area contributed by atoms with Crippen LogP contribution in [0.15, 0.2) is 24.3 Å². The van der Waals surface area contributed by atoms with Gasteiger partial charge in [-0.1, -0.05) is 12.1 Å². The van der Waals surface area contributed by atoms with Crippen molar-refractivity contribution in [3.05, 3.63) is 24.3 Å². The molecule has 4 heteroatoms. The zero-order chi connectivity index (χ0) is 12.8. The minimum absolute atomic E-state index is 0.366. The van der Waals surface area contributed by atoms with Gasteiger partial charge in [-0.25, -0.2) is 0 Å². The minimum Gasteiger partial charge on any atom is -0.506 e. The molecule has 0 unspecified atom stereocenters. The van der Waals surface area contributed by atoms with Crippen LogP contribution in [-0.2, 0) is 0 Å². The molecule has 2 rings (SSSR count). The predicted molar refractivity (Wildman–Crippen MR) is 70.7 cm³/mol. The van der Waals surface area contributed by atoms with Gasteiger partial charge in [0.05, 0.1) is 44.5 Å². The van der Waals surface area contributed by atoms with Crippen LogP contribution in [0.3, 0.4) is 0 Å². The van der Waals surface area contributed by atoms with Crippen molar-refractivity contribution >= 4 is 5.69 Å². The highest BCUT2D eigenvalue weighted by atomic mass is 16.3. The lowest BCUT2D eigenvalue weighted by Crippen LogP contribution is -3.14. The highest BCUT2D eigenvalue weighted by Gasteiger charge is 2.21. The molecule has 0 saturated carbocycles. The van der Waals surface area contributed by atoms with Gasteiger partial charge in [-0.15, -0.1) is 0 Å². The first-order valence-corrected chi connectivity index (χ1v) is 6.54. The number of nitriles is 1. The highest BCUT2D eigenvalue weighted by Crippen LogP contribution is 2.25. The van der Waals surface area contributed by atoms with Crippen LogP contribution >= 0.6 is 0 Å². The molecule has 1 aliphatic heterocycles. The molecule has 0 spiro atoms. The lowest BCUT2D eigenvalue weighted by atomic mass is 10.2. The molecular weight excluding hydrogens is 226 g/mol. The number of aromatic hydroxyl groups is 1. The summed E-state index contributed by atoms with van der Waals surface area (Å²) in [7, 11) is 0. The molecule has 1 heterocycles. The second-order valence-electron chi connectivity index (χ2n) is 4.74. The number of benzene rings is 1. The fourth-order valence-corrected chi connectivity index (χ4v) is 2.46. The molecule has 0 amide bonds. The van der Waals surface area contributed by atoms with Crippen LogP contribution < -0.4 is 9.80 Å². The van der Waals surface area contributed by atoms with E-state index in [2.05, 4.69) is 11.0 Å². The van der Waals surface area contributed by atoms with Crippen LogP contribution in [0.2, 0.25) is 0 Å². The summed E-state index contributed by atoms with van der Waals surface area (Å²) in [6.07, 6.45) is 1.65. The standard InChI is InChI=1S/C14H19N3O/c15-7-3-4-8-16-9-11-17(12-10-16)13-5-1-2-6-14(13)18/h1-2,5-6,18H,3-4,8-12H2/p+1. The van der Waals surface area contributed by atoms with Crippen LogP contribution in [0.25, 0.3) is 0 Å². The Morgan fingerprint density at radius 3 is 2.67 bits per heavy atom. The minimum atomic E-state index is 0.366. The molecule has 1 aromatic rings. The molecule has 0 bridgehead atoms. The van der Waals surface area contributed by atoms with Gasteiger partial charge >= 0.3 is 0 Å². The van der Waals surface area contributed by atoms with Gasteiger partial charge in [-0.3, -0.25) is 0 Å². The first-order chi connectivity index (χ1) is 8.81. The van der Waals surface area contributed by atoms with Gasteiger partial charge < -0.3 is 14.9 Å². The van der Waals surface area contributed by atoms with Gasteiger partial charge in [-0.2, -0.15) is 5.26 Å². The molecule has 0 aromatic heterocycles. The van der Waals surface area contributed by atoms with E-state index in [4.69, 9.17) is 5.26 Å². The molecule has 96 valence electrons. The number of unbranched alkanes of at least 4 members (excludes halogenated alkanes) is 1. The molecule has 0 radical (unpaired) electrons. The Morgan fingerprint density at radius 2 is 2.00 bits per heavy atom.